The Morgan fingerprint density at radius 2 is 1.88 bits per heavy atom. The summed E-state index contributed by atoms with van der Waals surface area (Å²) in [6.45, 7) is 12.0. The number of morpholine rings is 1. The van der Waals surface area contributed by atoms with Gasteiger partial charge in [-0.05, 0) is 74.0 Å². The molecule has 2 aliphatic heterocycles. The van der Waals surface area contributed by atoms with E-state index in [1.807, 2.05) is 11.4 Å². The number of pyridine rings is 1. The van der Waals surface area contributed by atoms with Gasteiger partial charge in [0.15, 0.2) is 5.65 Å². The number of nitrogens with zero attached hydrogens (tertiary/aromatic N) is 4. The smallest absolute Gasteiger partial charge is 0.178 e. The molecule has 6 rings (SSSR count). The lowest BCUT2D eigenvalue weighted by molar-refractivity contribution is 0.123. The maximum Gasteiger partial charge on any atom is 0.178 e. The third-order valence-corrected chi connectivity index (χ3v) is 7.41. The van der Waals surface area contributed by atoms with Gasteiger partial charge in [0.05, 0.1) is 24.6 Å². The Morgan fingerprint density at radius 3 is 2.65 bits per heavy atom. The first-order chi connectivity index (χ1) is 16.6. The highest BCUT2D eigenvalue weighted by atomic mass is 16.5. The fourth-order valence-corrected chi connectivity index (χ4v) is 5.72. The molecular weight excluding hydrogens is 424 g/mol. The van der Waals surface area contributed by atoms with Gasteiger partial charge in [0.25, 0.3) is 0 Å². The van der Waals surface area contributed by atoms with Crippen LogP contribution in [0.2, 0.25) is 0 Å². The largest absolute Gasteiger partial charge is 0.378 e. The van der Waals surface area contributed by atoms with Gasteiger partial charge in [-0.15, -0.1) is 0 Å². The SMILES string of the molecule is Cc1nc2c(N3CCOCC3)cc(-c3[nH]c4ccc(C5CCNCC5)cc4c3C(C)C)cn2n1. The van der Waals surface area contributed by atoms with Gasteiger partial charge in [0.1, 0.15) is 5.82 Å². The Bertz CT molecular complexity index is 1320. The number of H-pyrrole nitrogens is 1. The number of benzene rings is 1. The Kier molecular flexibility index (Phi) is 5.54. The molecular formula is C27H34N6O. The van der Waals surface area contributed by atoms with Gasteiger partial charge in [0.2, 0.25) is 0 Å². The van der Waals surface area contributed by atoms with Crippen LogP contribution in [0.1, 0.15) is 55.5 Å². The molecule has 1 aromatic carbocycles. The maximum atomic E-state index is 5.61. The van der Waals surface area contributed by atoms with Gasteiger partial charge in [-0.25, -0.2) is 9.50 Å². The van der Waals surface area contributed by atoms with Crippen LogP contribution in [0.5, 0.6) is 0 Å². The lowest BCUT2D eigenvalue weighted by Gasteiger charge is -2.29. The summed E-state index contributed by atoms with van der Waals surface area (Å²) in [5.74, 6) is 1.83. The summed E-state index contributed by atoms with van der Waals surface area (Å²) >= 11 is 0. The predicted molar refractivity (Wildman–Crippen MR) is 137 cm³/mol. The normalized spacial score (nSPS) is 17.9. The van der Waals surface area contributed by atoms with E-state index in [4.69, 9.17) is 9.72 Å². The van der Waals surface area contributed by atoms with Gasteiger partial charge >= 0.3 is 0 Å². The van der Waals surface area contributed by atoms with Crippen molar-refractivity contribution < 1.29 is 4.74 Å². The topological polar surface area (TPSA) is 70.5 Å². The first-order valence-corrected chi connectivity index (χ1v) is 12.6. The van der Waals surface area contributed by atoms with Crippen molar-refractivity contribution in [2.75, 3.05) is 44.3 Å². The average Bonchev–Trinajstić information content (AvgIpc) is 3.43. The molecule has 0 unspecified atom stereocenters. The van der Waals surface area contributed by atoms with Crippen molar-refractivity contribution in [3.63, 3.8) is 0 Å². The number of ether oxygens (including phenoxy) is 1. The van der Waals surface area contributed by atoms with E-state index in [0.29, 0.717) is 11.8 Å². The third-order valence-electron chi connectivity index (χ3n) is 7.41. The second-order valence-electron chi connectivity index (χ2n) is 10.0. The van der Waals surface area contributed by atoms with Crippen molar-refractivity contribution in [1.82, 2.24) is 24.9 Å². The molecule has 2 saturated heterocycles. The summed E-state index contributed by atoms with van der Waals surface area (Å²) in [4.78, 5) is 10.9. The van der Waals surface area contributed by atoms with Gasteiger partial charge in [0, 0.05) is 35.8 Å². The van der Waals surface area contributed by atoms with Crippen LogP contribution in [0.15, 0.2) is 30.5 Å². The van der Waals surface area contributed by atoms with E-state index in [1.54, 1.807) is 0 Å². The summed E-state index contributed by atoms with van der Waals surface area (Å²) < 4.78 is 7.56. The quantitative estimate of drug-likeness (QED) is 0.467. The van der Waals surface area contributed by atoms with Crippen LogP contribution < -0.4 is 10.2 Å². The van der Waals surface area contributed by atoms with E-state index < -0.39 is 0 Å². The minimum absolute atomic E-state index is 0.395. The van der Waals surface area contributed by atoms with Crippen molar-refractivity contribution in [3.8, 4) is 11.3 Å². The number of hydrogen-bond acceptors (Lipinski definition) is 5. The number of hydrogen-bond donors (Lipinski definition) is 2. The van der Waals surface area contributed by atoms with Gasteiger partial charge in [-0.1, -0.05) is 19.9 Å². The second-order valence-corrected chi connectivity index (χ2v) is 10.0. The van der Waals surface area contributed by atoms with E-state index >= 15 is 0 Å². The first-order valence-electron chi connectivity index (χ1n) is 12.6. The number of rotatable bonds is 4. The molecule has 0 radical (unpaired) electrons. The van der Waals surface area contributed by atoms with Crippen molar-refractivity contribution in [2.45, 2.75) is 45.4 Å². The number of aryl methyl sites for hydroxylation is 1. The molecule has 0 spiro atoms. The molecule has 0 saturated carbocycles. The zero-order chi connectivity index (χ0) is 23.2. The number of piperidine rings is 1. The van der Waals surface area contributed by atoms with E-state index in [9.17, 15) is 0 Å². The first kappa shape index (κ1) is 21.6. The van der Waals surface area contributed by atoms with Crippen molar-refractivity contribution in [1.29, 1.82) is 0 Å². The van der Waals surface area contributed by atoms with Gasteiger partial charge < -0.3 is 19.9 Å². The molecule has 7 nitrogen and oxygen atoms in total. The van der Waals surface area contributed by atoms with Crippen molar-refractivity contribution >= 4 is 22.2 Å². The zero-order valence-electron chi connectivity index (χ0n) is 20.4. The van der Waals surface area contributed by atoms with Crippen LogP contribution in [0, 0.1) is 6.92 Å². The fraction of sp³-hybridized carbons (Fsp3) is 0.481. The highest BCUT2D eigenvalue weighted by Crippen LogP contribution is 2.39. The van der Waals surface area contributed by atoms with Crippen molar-refractivity contribution in [2.24, 2.45) is 0 Å². The summed E-state index contributed by atoms with van der Waals surface area (Å²) in [6, 6.07) is 9.34. The number of nitrogens with one attached hydrogen (secondary N) is 2. The summed E-state index contributed by atoms with van der Waals surface area (Å²) in [5.41, 5.74) is 8.45. The third kappa shape index (κ3) is 3.77. The monoisotopic (exact) mass is 458 g/mol. The van der Waals surface area contributed by atoms with E-state index in [0.717, 1.165) is 62.1 Å². The Labute approximate surface area is 200 Å². The number of anilines is 1. The van der Waals surface area contributed by atoms with Crippen LogP contribution >= 0.6 is 0 Å². The molecule has 4 aromatic rings. The molecule has 3 aromatic heterocycles. The van der Waals surface area contributed by atoms with Crippen LogP contribution in [0.4, 0.5) is 5.69 Å². The molecule has 2 aliphatic rings. The fourth-order valence-electron chi connectivity index (χ4n) is 5.72. The van der Waals surface area contributed by atoms with Crippen LogP contribution in [-0.2, 0) is 4.74 Å². The minimum Gasteiger partial charge on any atom is -0.378 e. The highest BCUT2D eigenvalue weighted by Gasteiger charge is 2.23. The van der Waals surface area contributed by atoms with E-state index in [-0.39, 0.29) is 0 Å². The summed E-state index contributed by atoms with van der Waals surface area (Å²) in [7, 11) is 0. The zero-order valence-corrected chi connectivity index (χ0v) is 20.4. The van der Waals surface area contributed by atoms with Gasteiger partial charge in [-0.3, -0.25) is 0 Å². The van der Waals surface area contributed by atoms with E-state index in [2.05, 4.69) is 64.6 Å². The molecule has 7 heteroatoms. The molecule has 178 valence electrons. The van der Waals surface area contributed by atoms with Crippen LogP contribution in [0.25, 0.3) is 27.8 Å². The molecule has 2 N–H and O–H groups in total. The van der Waals surface area contributed by atoms with Crippen LogP contribution in [0.3, 0.4) is 0 Å². The number of aromatic amines is 1. The molecule has 0 aliphatic carbocycles. The Morgan fingerprint density at radius 1 is 1.09 bits per heavy atom. The second kappa shape index (κ2) is 8.71. The molecule has 34 heavy (non-hydrogen) atoms. The standard InChI is InChI=1S/C27H34N6O/c1-17(2)25-22-14-20(19-6-8-28-9-7-19)4-5-23(22)30-26(25)21-15-24(32-10-12-34-13-11-32)27-29-18(3)31-33(27)16-21/h4-5,14-17,19,28,30H,6-13H2,1-3H3. The Hall–Kier alpha value is -2.90. The molecule has 0 bridgehead atoms. The molecule has 0 amide bonds. The summed E-state index contributed by atoms with van der Waals surface area (Å²) in [5, 5.41) is 9.53. The van der Waals surface area contributed by atoms with Crippen LogP contribution in [-0.4, -0.2) is 59.0 Å². The molecule has 0 atom stereocenters. The minimum atomic E-state index is 0.395. The lowest BCUT2D eigenvalue weighted by Crippen LogP contribution is -2.36. The lowest BCUT2D eigenvalue weighted by atomic mass is 9.88. The number of fused-ring (bicyclic) bond motifs is 2. The van der Waals surface area contributed by atoms with E-state index in [1.165, 1.54) is 40.6 Å². The van der Waals surface area contributed by atoms with Crippen molar-refractivity contribution in [3.05, 3.63) is 47.4 Å². The molecule has 5 heterocycles. The summed E-state index contributed by atoms with van der Waals surface area (Å²) in [6.07, 6.45) is 4.56. The maximum absolute atomic E-state index is 5.61. The van der Waals surface area contributed by atoms with Gasteiger partial charge in [-0.2, -0.15) is 5.10 Å². The molecule has 2 fully saturated rings. The Balaban J connectivity index is 1.51. The highest BCUT2D eigenvalue weighted by molar-refractivity contribution is 5.93. The predicted octanol–water partition coefficient (Wildman–Crippen LogP) is 4.61. The average molecular weight is 459 g/mol. The number of aromatic nitrogens is 4.